The lowest BCUT2D eigenvalue weighted by Crippen LogP contribution is -2.41. The minimum atomic E-state index is -0.651. The van der Waals surface area contributed by atoms with Crippen LogP contribution in [-0.2, 0) is 24.9 Å². The quantitative estimate of drug-likeness (QED) is 0.436. The second-order valence-corrected chi connectivity index (χ2v) is 8.96. The molecule has 1 aromatic carbocycles. The van der Waals surface area contributed by atoms with Crippen molar-refractivity contribution in [2.75, 3.05) is 23.4 Å². The Balaban J connectivity index is 1.68. The van der Waals surface area contributed by atoms with Crippen molar-refractivity contribution in [2.45, 2.75) is 57.5 Å². The van der Waals surface area contributed by atoms with Gasteiger partial charge in [-0.3, -0.25) is 13.9 Å². The summed E-state index contributed by atoms with van der Waals surface area (Å²) in [5.74, 6) is 5.94. The predicted molar refractivity (Wildman–Crippen MR) is 129 cm³/mol. The number of anilines is 2. The Morgan fingerprint density at radius 1 is 1.29 bits per heavy atom. The zero-order valence-corrected chi connectivity index (χ0v) is 19.8. The first-order chi connectivity index (χ1) is 16.4. The highest BCUT2D eigenvalue weighted by molar-refractivity contribution is 6.30. The number of unbranched alkanes of at least 4 members (excludes halogenated alkanes) is 1. The fourth-order valence-electron chi connectivity index (χ4n) is 4.08. The van der Waals surface area contributed by atoms with Crippen molar-refractivity contribution in [3.8, 4) is 11.8 Å². The number of rotatable bonds is 8. The van der Waals surface area contributed by atoms with Crippen LogP contribution in [0.25, 0.3) is 0 Å². The van der Waals surface area contributed by atoms with Gasteiger partial charge in [-0.05, 0) is 44.2 Å². The van der Waals surface area contributed by atoms with Crippen molar-refractivity contribution in [3.63, 3.8) is 0 Å². The molecule has 0 saturated heterocycles. The van der Waals surface area contributed by atoms with Gasteiger partial charge in [0.05, 0.1) is 12.6 Å². The number of fused-ring (bicyclic) bond motifs is 1. The van der Waals surface area contributed by atoms with Gasteiger partial charge < -0.3 is 20.1 Å². The van der Waals surface area contributed by atoms with E-state index in [0.717, 1.165) is 23.8 Å². The monoisotopic (exact) mass is 490 g/mol. The number of aliphatic hydroxyl groups is 1. The molecule has 0 radical (unpaired) electrons. The van der Waals surface area contributed by atoms with Gasteiger partial charge in [0.15, 0.2) is 6.17 Å². The van der Waals surface area contributed by atoms with Crippen LogP contribution in [0.3, 0.4) is 0 Å². The van der Waals surface area contributed by atoms with Crippen LogP contribution >= 0.6 is 11.6 Å². The number of ether oxygens (including phenoxy) is 1. The lowest BCUT2D eigenvalue weighted by atomic mass is 9.96. The van der Waals surface area contributed by atoms with Crippen molar-refractivity contribution in [1.29, 1.82) is 0 Å². The average molecular weight is 491 g/mol. The van der Waals surface area contributed by atoms with Crippen molar-refractivity contribution in [2.24, 2.45) is 7.05 Å². The number of nitrogens with one attached hydrogen (secondary N) is 1. The molecule has 1 aromatic heterocycles. The smallest absolute Gasteiger partial charge is 0.332 e. The molecule has 2 N–H and O–H groups in total. The van der Waals surface area contributed by atoms with Crippen LogP contribution in [0.5, 0.6) is 0 Å². The van der Waals surface area contributed by atoms with Crippen LogP contribution in [0.1, 0.15) is 37.7 Å². The van der Waals surface area contributed by atoms with Crippen LogP contribution in [0.15, 0.2) is 27.8 Å². The lowest BCUT2D eigenvalue weighted by molar-refractivity contribution is 0.0216. The fourth-order valence-corrected chi connectivity index (χ4v) is 4.24. The molecule has 2 aliphatic rings. The van der Waals surface area contributed by atoms with E-state index in [2.05, 4.69) is 17.2 Å². The molecule has 4 rings (SSSR count). The van der Waals surface area contributed by atoms with E-state index in [0.29, 0.717) is 24.2 Å². The highest BCUT2D eigenvalue weighted by Gasteiger charge is 2.34. The van der Waals surface area contributed by atoms with Gasteiger partial charge >= 0.3 is 5.69 Å². The summed E-state index contributed by atoms with van der Waals surface area (Å²) in [7, 11) is 1.57. The third kappa shape index (κ3) is 4.99. The fraction of sp³-hybridized carbons (Fsp3) is 0.500. The van der Waals surface area contributed by atoms with Crippen LogP contribution in [0.4, 0.5) is 15.9 Å². The third-order valence-electron chi connectivity index (χ3n) is 6.21. The minimum Gasteiger partial charge on any atom is -0.396 e. The van der Waals surface area contributed by atoms with E-state index in [-0.39, 0.29) is 43.1 Å². The summed E-state index contributed by atoms with van der Waals surface area (Å²) in [6.07, 6.45) is 3.80. The minimum absolute atomic E-state index is 0.0146. The van der Waals surface area contributed by atoms with Gasteiger partial charge in [0, 0.05) is 30.8 Å². The third-order valence-corrected chi connectivity index (χ3v) is 6.45. The zero-order valence-electron chi connectivity index (χ0n) is 19.0. The highest BCUT2D eigenvalue weighted by Crippen LogP contribution is 2.32. The zero-order chi connectivity index (χ0) is 24.2. The SMILES string of the molecule is Cn1c2c(c(=O)n(CCCCO)c1=O)NC(C#CCOC1CCC1)N2Cc1ccc(Cl)cc1F. The van der Waals surface area contributed by atoms with E-state index in [4.69, 9.17) is 21.4 Å². The molecule has 0 bridgehead atoms. The van der Waals surface area contributed by atoms with Crippen LogP contribution in [0.2, 0.25) is 5.02 Å². The molecular weight excluding hydrogens is 463 g/mol. The van der Waals surface area contributed by atoms with Gasteiger partial charge in [-0.1, -0.05) is 29.5 Å². The predicted octanol–water partition coefficient (Wildman–Crippen LogP) is 2.44. The molecule has 0 amide bonds. The highest BCUT2D eigenvalue weighted by atomic mass is 35.5. The van der Waals surface area contributed by atoms with E-state index in [1.54, 1.807) is 24.1 Å². The molecule has 0 spiro atoms. The summed E-state index contributed by atoms with van der Waals surface area (Å²) >= 11 is 5.90. The topological polar surface area (TPSA) is 88.7 Å². The number of benzene rings is 1. The number of aromatic nitrogens is 2. The summed E-state index contributed by atoms with van der Waals surface area (Å²) < 4.78 is 22.8. The molecule has 1 aliphatic heterocycles. The summed E-state index contributed by atoms with van der Waals surface area (Å²) in [4.78, 5) is 27.9. The Labute approximate surface area is 201 Å². The summed E-state index contributed by atoms with van der Waals surface area (Å²) in [5, 5.41) is 12.4. The summed E-state index contributed by atoms with van der Waals surface area (Å²) in [6, 6.07) is 4.40. The van der Waals surface area contributed by atoms with E-state index in [9.17, 15) is 14.0 Å². The number of hydrogen-bond acceptors (Lipinski definition) is 6. The first kappa shape index (κ1) is 24.3. The van der Waals surface area contributed by atoms with Crippen molar-refractivity contribution >= 4 is 23.1 Å². The Hall–Kier alpha value is -2.80. The molecule has 34 heavy (non-hydrogen) atoms. The summed E-state index contributed by atoms with van der Waals surface area (Å²) in [5.41, 5.74) is -0.351. The Morgan fingerprint density at radius 3 is 2.76 bits per heavy atom. The average Bonchev–Trinajstić information content (AvgIpc) is 3.13. The van der Waals surface area contributed by atoms with E-state index < -0.39 is 23.2 Å². The Bertz CT molecular complexity index is 1230. The van der Waals surface area contributed by atoms with Crippen LogP contribution in [0, 0.1) is 17.7 Å². The van der Waals surface area contributed by atoms with Crippen LogP contribution < -0.4 is 21.5 Å². The Morgan fingerprint density at radius 2 is 2.09 bits per heavy atom. The molecule has 2 aromatic rings. The second kappa shape index (κ2) is 10.6. The molecule has 182 valence electrons. The Kier molecular flexibility index (Phi) is 7.61. The van der Waals surface area contributed by atoms with Gasteiger partial charge in [0.25, 0.3) is 5.56 Å². The van der Waals surface area contributed by atoms with Gasteiger partial charge in [-0.2, -0.15) is 0 Å². The molecular formula is C24H28ClFN4O4. The maximum atomic E-state index is 14.6. The first-order valence-corrected chi connectivity index (χ1v) is 11.8. The number of hydrogen-bond donors (Lipinski definition) is 2. The van der Waals surface area contributed by atoms with Crippen molar-refractivity contribution in [1.82, 2.24) is 9.13 Å². The standard InChI is InChI=1S/C24H28ClFN4O4/c1-28-22-21(23(32)29(24(28)33)11-2-3-12-31)27-20(8-5-13-34-18-6-4-7-18)30(22)15-16-9-10-17(25)14-19(16)26/h9-10,14,18,20,27,31H,2-4,6-7,11-13,15H2,1H3. The lowest BCUT2D eigenvalue weighted by Gasteiger charge is -2.25. The number of nitrogens with zero attached hydrogens (tertiary/aromatic N) is 3. The molecule has 8 nitrogen and oxygen atoms in total. The molecule has 1 aliphatic carbocycles. The molecule has 10 heteroatoms. The van der Waals surface area contributed by atoms with Gasteiger partial charge in [0.2, 0.25) is 0 Å². The molecule has 1 unspecified atom stereocenters. The molecule has 1 saturated carbocycles. The second-order valence-electron chi connectivity index (χ2n) is 8.52. The normalized spacial score (nSPS) is 17.1. The molecule has 1 fully saturated rings. The maximum Gasteiger partial charge on any atom is 0.332 e. The van der Waals surface area contributed by atoms with E-state index in [1.165, 1.54) is 10.6 Å². The van der Waals surface area contributed by atoms with E-state index in [1.807, 2.05) is 0 Å². The van der Waals surface area contributed by atoms with Gasteiger partial charge in [-0.15, -0.1) is 0 Å². The van der Waals surface area contributed by atoms with Gasteiger partial charge in [-0.25, -0.2) is 9.18 Å². The maximum absolute atomic E-state index is 14.6. The number of aliphatic hydroxyl groups excluding tert-OH is 1. The van der Waals surface area contributed by atoms with Crippen molar-refractivity contribution < 1.29 is 14.2 Å². The molecule has 2 heterocycles. The first-order valence-electron chi connectivity index (χ1n) is 11.4. The largest absolute Gasteiger partial charge is 0.396 e. The van der Waals surface area contributed by atoms with Gasteiger partial charge in [0.1, 0.15) is 23.9 Å². The van der Waals surface area contributed by atoms with Crippen molar-refractivity contribution in [3.05, 3.63) is 55.4 Å². The molecule has 1 atom stereocenters. The van der Waals surface area contributed by atoms with Crippen LogP contribution in [-0.4, -0.2) is 39.7 Å². The number of halogens is 2. The van der Waals surface area contributed by atoms with E-state index >= 15 is 0 Å². The summed E-state index contributed by atoms with van der Waals surface area (Å²) in [6.45, 7) is 0.511.